The number of aliphatic hydroxyl groups is 1. The van der Waals surface area contributed by atoms with Gasteiger partial charge in [-0.15, -0.1) is 0 Å². The lowest BCUT2D eigenvalue weighted by molar-refractivity contribution is -0.923. The zero-order valence-corrected chi connectivity index (χ0v) is 17.7. The number of quaternary nitrogens is 1. The molecule has 2 aliphatic heterocycles. The van der Waals surface area contributed by atoms with Crippen LogP contribution in [0.1, 0.15) is 47.6 Å². The van der Waals surface area contributed by atoms with Gasteiger partial charge in [-0.2, -0.15) is 0 Å². The van der Waals surface area contributed by atoms with Crippen LogP contribution in [0.15, 0.2) is 30.3 Å². The molecule has 0 fully saturated rings. The smallest absolute Gasteiger partial charge is 0.231 e. The van der Waals surface area contributed by atoms with E-state index in [1.807, 2.05) is 12.1 Å². The fourth-order valence-corrected chi connectivity index (χ4v) is 4.83. The first-order chi connectivity index (χ1) is 14.0. The summed E-state index contributed by atoms with van der Waals surface area (Å²) in [5.74, 6) is 2.44. The number of ether oxygens (including phenoxy) is 3. The van der Waals surface area contributed by atoms with Crippen molar-refractivity contribution < 1.29 is 23.8 Å². The number of aryl methyl sites for hydroxylation is 1. The fourth-order valence-electron chi connectivity index (χ4n) is 4.83. The van der Waals surface area contributed by atoms with E-state index in [-0.39, 0.29) is 13.4 Å². The highest BCUT2D eigenvalue weighted by molar-refractivity contribution is 5.56. The Morgan fingerprint density at radius 3 is 2.66 bits per heavy atom. The number of nitrogens with zero attached hydrogens (tertiary/aromatic N) is 1. The number of methoxy groups -OCH3 is 1. The SMILES string of the molecule is COc1ccc(CCCCC2c3c(cc4c(c3CO)OCO4)CC[N+]2(C)C)cc1. The summed E-state index contributed by atoms with van der Waals surface area (Å²) >= 11 is 0. The lowest BCUT2D eigenvalue weighted by Gasteiger charge is -2.43. The van der Waals surface area contributed by atoms with Crippen molar-refractivity contribution in [2.45, 2.75) is 44.8 Å². The number of hydrogen-bond acceptors (Lipinski definition) is 4. The van der Waals surface area contributed by atoms with E-state index in [4.69, 9.17) is 14.2 Å². The van der Waals surface area contributed by atoms with Crippen LogP contribution >= 0.6 is 0 Å². The van der Waals surface area contributed by atoms with Gasteiger partial charge < -0.3 is 23.8 Å². The molecule has 2 aromatic rings. The van der Waals surface area contributed by atoms with Gasteiger partial charge in [0, 0.05) is 24.0 Å². The minimum Gasteiger partial charge on any atom is -0.497 e. The quantitative estimate of drug-likeness (QED) is 0.566. The largest absolute Gasteiger partial charge is 0.497 e. The molecule has 0 radical (unpaired) electrons. The summed E-state index contributed by atoms with van der Waals surface area (Å²) in [5.41, 5.74) is 4.89. The van der Waals surface area contributed by atoms with Crippen LogP contribution < -0.4 is 14.2 Å². The van der Waals surface area contributed by atoms with E-state index >= 15 is 0 Å². The first kappa shape index (κ1) is 20.0. The molecule has 29 heavy (non-hydrogen) atoms. The average molecular weight is 399 g/mol. The second-order valence-electron chi connectivity index (χ2n) is 8.68. The highest BCUT2D eigenvalue weighted by Gasteiger charge is 2.39. The molecule has 4 rings (SSSR count). The van der Waals surface area contributed by atoms with Crippen molar-refractivity contribution in [1.82, 2.24) is 0 Å². The van der Waals surface area contributed by atoms with Crippen molar-refractivity contribution in [1.29, 1.82) is 0 Å². The van der Waals surface area contributed by atoms with Gasteiger partial charge in [-0.25, -0.2) is 0 Å². The maximum Gasteiger partial charge on any atom is 0.231 e. The van der Waals surface area contributed by atoms with Crippen molar-refractivity contribution in [2.75, 3.05) is 34.5 Å². The molecule has 0 spiro atoms. The molecule has 0 saturated heterocycles. The standard InChI is InChI=1S/C24H32NO4/c1-25(2)13-12-18-14-22-24(29-16-28-22)20(15-26)23(18)21(25)7-5-4-6-17-8-10-19(27-3)11-9-17/h8-11,14,21,26H,4-7,12-13,15-16H2,1-3H3/q+1. The molecule has 0 aromatic heterocycles. The number of unbranched alkanes of at least 4 members (excludes halogenated alkanes) is 1. The van der Waals surface area contributed by atoms with Crippen molar-refractivity contribution in [3.8, 4) is 17.2 Å². The maximum absolute atomic E-state index is 10.2. The first-order valence-corrected chi connectivity index (χ1v) is 10.5. The molecule has 0 saturated carbocycles. The molecule has 156 valence electrons. The summed E-state index contributed by atoms with van der Waals surface area (Å²) in [5, 5.41) is 10.2. The van der Waals surface area contributed by atoms with E-state index < -0.39 is 0 Å². The van der Waals surface area contributed by atoms with Crippen LogP contribution in [0.4, 0.5) is 0 Å². The third-order valence-electron chi connectivity index (χ3n) is 6.54. The Balaban J connectivity index is 1.49. The Morgan fingerprint density at radius 2 is 1.93 bits per heavy atom. The van der Waals surface area contributed by atoms with E-state index in [2.05, 4.69) is 32.3 Å². The van der Waals surface area contributed by atoms with E-state index in [9.17, 15) is 5.11 Å². The molecule has 0 bridgehead atoms. The Morgan fingerprint density at radius 1 is 1.14 bits per heavy atom. The van der Waals surface area contributed by atoms with Gasteiger partial charge in [0.15, 0.2) is 11.5 Å². The van der Waals surface area contributed by atoms with Gasteiger partial charge in [0.2, 0.25) is 6.79 Å². The van der Waals surface area contributed by atoms with E-state index in [1.54, 1.807) is 7.11 Å². The molecule has 1 unspecified atom stereocenters. The summed E-state index contributed by atoms with van der Waals surface area (Å²) < 4.78 is 17.5. The lowest BCUT2D eigenvalue weighted by Crippen LogP contribution is -2.48. The Labute approximate surface area is 173 Å². The van der Waals surface area contributed by atoms with Crippen molar-refractivity contribution in [2.24, 2.45) is 0 Å². The van der Waals surface area contributed by atoms with Crippen molar-refractivity contribution >= 4 is 0 Å². The minimum absolute atomic E-state index is 0.00276. The Kier molecular flexibility index (Phi) is 5.70. The topological polar surface area (TPSA) is 47.9 Å². The number of aliphatic hydroxyl groups excluding tert-OH is 1. The molecule has 0 amide bonds. The maximum atomic E-state index is 10.2. The fraction of sp³-hybridized carbons (Fsp3) is 0.500. The first-order valence-electron chi connectivity index (χ1n) is 10.5. The second kappa shape index (κ2) is 8.25. The third-order valence-corrected chi connectivity index (χ3v) is 6.54. The van der Waals surface area contributed by atoms with E-state index in [0.29, 0.717) is 6.04 Å². The summed E-state index contributed by atoms with van der Waals surface area (Å²) in [6.45, 7) is 1.34. The van der Waals surface area contributed by atoms with Crippen LogP contribution in [-0.4, -0.2) is 44.1 Å². The Bertz CT molecular complexity index is 860. The predicted octanol–water partition coefficient (Wildman–Crippen LogP) is 4.00. The van der Waals surface area contributed by atoms with Crippen molar-refractivity contribution in [3.05, 3.63) is 52.6 Å². The molecule has 5 nitrogen and oxygen atoms in total. The minimum atomic E-state index is -0.00276. The summed E-state index contributed by atoms with van der Waals surface area (Å²) in [6.07, 6.45) is 5.48. The molecular weight excluding hydrogens is 366 g/mol. The second-order valence-corrected chi connectivity index (χ2v) is 8.68. The molecule has 1 N–H and O–H groups in total. The van der Waals surface area contributed by atoms with Crippen molar-refractivity contribution in [3.63, 3.8) is 0 Å². The summed E-state index contributed by atoms with van der Waals surface area (Å²) in [7, 11) is 6.32. The molecule has 2 aliphatic rings. The molecule has 5 heteroatoms. The van der Waals surface area contributed by atoms with Crippen LogP contribution in [0.5, 0.6) is 17.2 Å². The number of benzene rings is 2. The molecule has 1 atom stereocenters. The molecule has 2 heterocycles. The monoisotopic (exact) mass is 398 g/mol. The number of hydrogen-bond donors (Lipinski definition) is 1. The van der Waals surface area contributed by atoms with Gasteiger partial charge in [0.25, 0.3) is 0 Å². The number of fused-ring (bicyclic) bond motifs is 2. The van der Waals surface area contributed by atoms with Gasteiger partial charge in [0.1, 0.15) is 11.8 Å². The third kappa shape index (κ3) is 3.94. The summed E-state index contributed by atoms with van der Waals surface area (Å²) in [6, 6.07) is 10.9. The Hall–Kier alpha value is -2.24. The lowest BCUT2D eigenvalue weighted by atomic mass is 9.84. The number of likely N-dealkylation sites (N-methyl/N-ethyl adjacent to an activating group) is 1. The summed E-state index contributed by atoms with van der Waals surface area (Å²) in [4.78, 5) is 0. The molecule has 0 aliphatic carbocycles. The van der Waals surface area contributed by atoms with Crippen LogP contribution in [-0.2, 0) is 19.4 Å². The average Bonchev–Trinajstić information content (AvgIpc) is 3.19. The molecule has 2 aromatic carbocycles. The van der Waals surface area contributed by atoms with Gasteiger partial charge in [-0.05, 0) is 48.6 Å². The van der Waals surface area contributed by atoms with Gasteiger partial charge in [0.05, 0.1) is 34.4 Å². The normalized spacial score (nSPS) is 19.1. The number of rotatable bonds is 7. The zero-order chi connectivity index (χ0) is 20.4. The van der Waals surface area contributed by atoms with Gasteiger partial charge in [-0.1, -0.05) is 12.1 Å². The zero-order valence-electron chi connectivity index (χ0n) is 17.7. The highest BCUT2D eigenvalue weighted by Crippen LogP contribution is 2.47. The molecular formula is C24H32NO4+. The van der Waals surface area contributed by atoms with E-state index in [0.717, 1.165) is 65.9 Å². The predicted molar refractivity (Wildman–Crippen MR) is 112 cm³/mol. The van der Waals surface area contributed by atoms with Crippen LogP contribution in [0.25, 0.3) is 0 Å². The van der Waals surface area contributed by atoms with E-state index in [1.165, 1.54) is 16.7 Å². The highest BCUT2D eigenvalue weighted by atomic mass is 16.7. The van der Waals surface area contributed by atoms with Gasteiger partial charge in [-0.3, -0.25) is 0 Å². The van der Waals surface area contributed by atoms with Crippen LogP contribution in [0.2, 0.25) is 0 Å². The van der Waals surface area contributed by atoms with Gasteiger partial charge >= 0.3 is 0 Å². The van der Waals surface area contributed by atoms with Crippen LogP contribution in [0.3, 0.4) is 0 Å². The van der Waals surface area contributed by atoms with Crippen LogP contribution in [0, 0.1) is 0 Å².